The van der Waals surface area contributed by atoms with E-state index in [0.29, 0.717) is 50.5 Å². The van der Waals surface area contributed by atoms with Crippen molar-refractivity contribution in [2.24, 2.45) is 11.8 Å². The Hall–Kier alpha value is -2.22. The molecule has 1 aliphatic carbocycles. The van der Waals surface area contributed by atoms with Gasteiger partial charge in [-0.25, -0.2) is 4.79 Å². The summed E-state index contributed by atoms with van der Waals surface area (Å²) in [5.41, 5.74) is 1.37. The molecule has 166 valence electrons. The first-order chi connectivity index (χ1) is 15.0. The van der Waals surface area contributed by atoms with Crippen molar-refractivity contribution in [1.29, 1.82) is 0 Å². The van der Waals surface area contributed by atoms with Crippen molar-refractivity contribution in [2.45, 2.75) is 51.2 Å². The number of carbonyl (C=O) groups is 2. The van der Waals surface area contributed by atoms with Crippen molar-refractivity contribution in [1.82, 2.24) is 0 Å². The van der Waals surface area contributed by atoms with E-state index in [1.807, 2.05) is 36.4 Å². The average Bonchev–Trinajstić information content (AvgIpc) is 3.20. The second-order valence-corrected chi connectivity index (χ2v) is 9.69. The molecule has 2 N–H and O–H groups in total. The molecule has 0 radical (unpaired) electrons. The third-order valence-electron chi connectivity index (χ3n) is 6.41. The quantitative estimate of drug-likeness (QED) is 0.714. The van der Waals surface area contributed by atoms with Crippen molar-refractivity contribution in [3.63, 3.8) is 0 Å². The van der Waals surface area contributed by atoms with Crippen molar-refractivity contribution in [3.05, 3.63) is 41.3 Å². The Balaban J connectivity index is 1.75. The number of nitrogens with zero attached hydrogens (tertiary/aromatic N) is 1. The standard InChI is InChI=1S/C24H29NO5S/c1-15-7-8-18(20(26)13-15)23(27)25(17-9-11-30-12-10-17)19-14-21(31-22(19)24(28)29)16-5-3-2-4-6-16/h2-6,14-15,17-18,20,26H,7-13H2,1H3,(H,28,29)/t15-,18?,20+/m1/s1. The number of carboxylic acid groups (broad SMARTS) is 1. The third kappa shape index (κ3) is 4.68. The first kappa shape index (κ1) is 22.0. The number of benzene rings is 1. The summed E-state index contributed by atoms with van der Waals surface area (Å²) in [6.07, 6.45) is 2.72. The Kier molecular flexibility index (Phi) is 6.74. The van der Waals surface area contributed by atoms with Gasteiger partial charge in [0.2, 0.25) is 5.91 Å². The maximum atomic E-state index is 13.8. The van der Waals surface area contributed by atoms with Gasteiger partial charge in [0.05, 0.1) is 17.7 Å². The summed E-state index contributed by atoms with van der Waals surface area (Å²) < 4.78 is 5.50. The lowest BCUT2D eigenvalue weighted by Crippen LogP contribution is -2.50. The first-order valence-electron chi connectivity index (χ1n) is 11.0. The van der Waals surface area contributed by atoms with E-state index in [0.717, 1.165) is 16.9 Å². The van der Waals surface area contributed by atoms with Gasteiger partial charge in [-0.3, -0.25) is 4.79 Å². The lowest BCUT2D eigenvalue weighted by molar-refractivity contribution is -0.129. The van der Waals surface area contributed by atoms with Crippen LogP contribution in [0.1, 0.15) is 48.7 Å². The largest absolute Gasteiger partial charge is 0.477 e. The zero-order valence-corrected chi connectivity index (χ0v) is 18.5. The van der Waals surface area contributed by atoms with Crippen LogP contribution in [-0.2, 0) is 9.53 Å². The molecule has 1 saturated carbocycles. The van der Waals surface area contributed by atoms with Crippen LogP contribution in [0.3, 0.4) is 0 Å². The molecule has 0 spiro atoms. The Labute approximate surface area is 186 Å². The molecule has 2 heterocycles. The molecule has 1 aromatic carbocycles. The minimum absolute atomic E-state index is 0.135. The zero-order valence-electron chi connectivity index (χ0n) is 17.7. The van der Waals surface area contributed by atoms with Gasteiger partial charge in [0, 0.05) is 24.1 Å². The Morgan fingerprint density at radius 3 is 2.45 bits per heavy atom. The van der Waals surface area contributed by atoms with Crippen LogP contribution in [0.4, 0.5) is 5.69 Å². The second-order valence-electron chi connectivity index (χ2n) is 8.64. The predicted molar refractivity (Wildman–Crippen MR) is 121 cm³/mol. The zero-order chi connectivity index (χ0) is 22.0. The van der Waals surface area contributed by atoms with Gasteiger partial charge in [-0.1, -0.05) is 37.3 Å². The van der Waals surface area contributed by atoms with E-state index in [2.05, 4.69) is 6.92 Å². The molecule has 2 aromatic rings. The maximum Gasteiger partial charge on any atom is 0.348 e. The summed E-state index contributed by atoms with van der Waals surface area (Å²) in [7, 11) is 0. The Morgan fingerprint density at radius 2 is 1.81 bits per heavy atom. The predicted octanol–water partition coefficient (Wildman–Crippen LogP) is 4.42. The SMILES string of the molecule is C[C@@H]1CCC(C(=O)N(c2cc(-c3ccccc3)sc2C(=O)O)C2CCOCC2)[C@@H](O)C1. The third-order valence-corrected chi connectivity index (χ3v) is 7.58. The molecule has 0 bridgehead atoms. The highest BCUT2D eigenvalue weighted by atomic mass is 32.1. The van der Waals surface area contributed by atoms with Crippen molar-refractivity contribution >= 4 is 28.9 Å². The molecule has 7 heteroatoms. The smallest absolute Gasteiger partial charge is 0.348 e. The number of amides is 1. The molecule has 1 aromatic heterocycles. The van der Waals surface area contributed by atoms with Gasteiger partial charge in [0.25, 0.3) is 0 Å². The van der Waals surface area contributed by atoms with Gasteiger partial charge in [-0.15, -0.1) is 11.3 Å². The van der Waals surface area contributed by atoms with Gasteiger partial charge in [0.15, 0.2) is 0 Å². The topological polar surface area (TPSA) is 87.1 Å². The monoisotopic (exact) mass is 443 g/mol. The van der Waals surface area contributed by atoms with E-state index in [1.54, 1.807) is 4.90 Å². The summed E-state index contributed by atoms with van der Waals surface area (Å²) >= 11 is 1.19. The van der Waals surface area contributed by atoms with Gasteiger partial charge >= 0.3 is 5.97 Å². The van der Waals surface area contributed by atoms with Crippen LogP contribution in [0.5, 0.6) is 0 Å². The van der Waals surface area contributed by atoms with E-state index in [1.165, 1.54) is 11.3 Å². The minimum Gasteiger partial charge on any atom is -0.477 e. The molecular weight excluding hydrogens is 414 g/mol. The van der Waals surface area contributed by atoms with E-state index in [-0.39, 0.29) is 16.8 Å². The van der Waals surface area contributed by atoms with Gasteiger partial charge < -0.3 is 19.8 Å². The fourth-order valence-corrected chi connectivity index (χ4v) is 5.71. The van der Waals surface area contributed by atoms with E-state index < -0.39 is 18.0 Å². The van der Waals surface area contributed by atoms with Crippen molar-refractivity contribution in [2.75, 3.05) is 18.1 Å². The fraction of sp³-hybridized carbons (Fsp3) is 0.500. The molecule has 4 rings (SSSR count). The number of carbonyl (C=O) groups excluding carboxylic acids is 1. The van der Waals surface area contributed by atoms with E-state index in [4.69, 9.17) is 4.74 Å². The molecule has 3 atom stereocenters. The Morgan fingerprint density at radius 1 is 1.10 bits per heavy atom. The summed E-state index contributed by atoms with van der Waals surface area (Å²) in [5.74, 6) is -1.31. The summed E-state index contributed by atoms with van der Waals surface area (Å²) in [5, 5.41) is 20.6. The molecule has 1 unspecified atom stereocenters. The lowest BCUT2D eigenvalue weighted by Gasteiger charge is -2.39. The second kappa shape index (κ2) is 9.51. The first-order valence-corrected chi connectivity index (χ1v) is 11.8. The average molecular weight is 444 g/mol. The number of aliphatic hydroxyl groups excluding tert-OH is 1. The highest BCUT2D eigenvalue weighted by molar-refractivity contribution is 7.18. The van der Waals surface area contributed by atoms with Crippen molar-refractivity contribution in [3.8, 4) is 10.4 Å². The number of rotatable bonds is 5. The highest BCUT2D eigenvalue weighted by Gasteiger charge is 2.40. The van der Waals surface area contributed by atoms with Gasteiger partial charge in [-0.2, -0.15) is 0 Å². The van der Waals surface area contributed by atoms with E-state index in [9.17, 15) is 19.8 Å². The van der Waals surface area contributed by atoms with Gasteiger partial charge in [-0.05, 0) is 49.7 Å². The maximum absolute atomic E-state index is 13.8. The van der Waals surface area contributed by atoms with Crippen LogP contribution in [0.15, 0.2) is 36.4 Å². The van der Waals surface area contributed by atoms with Crippen molar-refractivity contribution < 1.29 is 24.5 Å². The minimum atomic E-state index is -1.04. The molecule has 2 fully saturated rings. The molecular formula is C24H29NO5S. The molecule has 1 aliphatic heterocycles. The number of ether oxygens (including phenoxy) is 1. The number of anilines is 1. The number of aliphatic hydroxyl groups is 1. The van der Waals surface area contributed by atoms with Crippen LogP contribution in [0, 0.1) is 11.8 Å². The number of hydrogen-bond donors (Lipinski definition) is 2. The molecule has 1 saturated heterocycles. The summed E-state index contributed by atoms with van der Waals surface area (Å²) in [6, 6.07) is 11.3. The Bertz CT molecular complexity index is 921. The number of carboxylic acids is 1. The van der Waals surface area contributed by atoms with Crippen LogP contribution < -0.4 is 4.90 Å². The van der Waals surface area contributed by atoms with Gasteiger partial charge in [0.1, 0.15) is 4.88 Å². The highest BCUT2D eigenvalue weighted by Crippen LogP contribution is 2.41. The fourth-order valence-electron chi connectivity index (χ4n) is 4.71. The van der Waals surface area contributed by atoms with Crippen LogP contribution in [-0.4, -0.2) is 47.4 Å². The molecule has 31 heavy (non-hydrogen) atoms. The number of aromatic carboxylic acids is 1. The van der Waals surface area contributed by atoms with Crippen LogP contribution in [0.25, 0.3) is 10.4 Å². The van der Waals surface area contributed by atoms with E-state index >= 15 is 0 Å². The number of hydrogen-bond acceptors (Lipinski definition) is 5. The molecule has 6 nitrogen and oxygen atoms in total. The van der Waals surface area contributed by atoms with Crippen LogP contribution >= 0.6 is 11.3 Å². The summed E-state index contributed by atoms with van der Waals surface area (Å²) in [4.78, 5) is 28.6. The van der Waals surface area contributed by atoms with Crippen LogP contribution in [0.2, 0.25) is 0 Å². The lowest BCUT2D eigenvalue weighted by atomic mass is 9.79. The normalized spacial score (nSPS) is 24.6. The summed E-state index contributed by atoms with van der Waals surface area (Å²) in [6.45, 7) is 3.17. The molecule has 1 amide bonds. The molecule has 2 aliphatic rings. The number of thiophene rings is 1.